The zero-order valence-corrected chi connectivity index (χ0v) is 21.2. The van der Waals surface area contributed by atoms with Crippen LogP contribution in [0.15, 0.2) is 0 Å². The van der Waals surface area contributed by atoms with E-state index in [1.807, 2.05) is 0 Å². The maximum absolute atomic E-state index is 11.7. The van der Waals surface area contributed by atoms with Crippen molar-refractivity contribution < 1.29 is 29.3 Å². The van der Waals surface area contributed by atoms with E-state index in [0.29, 0.717) is 32.0 Å². The molecule has 0 bridgehead atoms. The molecule has 0 saturated carbocycles. The van der Waals surface area contributed by atoms with E-state index in [4.69, 9.17) is 19.7 Å². The number of unbranched alkanes of at least 4 members (excludes halogenated alkanes) is 10. The Morgan fingerprint density at radius 2 is 0.969 bits per heavy atom. The first-order valence-corrected chi connectivity index (χ1v) is 13.0. The highest BCUT2D eigenvalue weighted by Crippen LogP contribution is 2.11. The second-order valence-corrected chi connectivity index (χ2v) is 8.61. The molecule has 0 radical (unpaired) electrons. The summed E-state index contributed by atoms with van der Waals surface area (Å²) in [5.41, 5.74) is 0. The smallest absolute Gasteiger partial charge is 0.305 e. The maximum Gasteiger partial charge on any atom is 0.305 e. The molecule has 0 fully saturated rings. The van der Waals surface area contributed by atoms with Crippen molar-refractivity contribution in [2.24, 2.45) is 5.92 Å². The molecule has 0 spiro atoms. The van der Waals surface area contributed by atoms with Gasteiger partial charge < -0.3 is 19.7 Å². The molecule has 0 heterocycles. The van der Waals surface area contributed by atoms with Gasteiger partial charge in [-0.25, -0.2) is 0 Å². The lowest BCUT2D eigenvalue weighted by Gasteiger charge is -2.12. The number of carbonyl (C=O) groups is 2. The molecule has 0 aliphatic rings. The van der Waals surface area contributed by atoms with Gasteiger partial charge in [-0.3, -0.25) is 9.59 Å². The van der Waals surface area contributed by atoms with Crippen LogP contribution in [-0.2, 0) is 19.1 Å². The monoisotopic (exact) mass is 460 g/mol. The summed E-state index contributed by atoms with van der Waals surface area (Å²) in [5.74, 6) is 0.241. The lowest BCUT2D eigenvalue weighted by atomic mass is 10.1. The van der Waals surface area contributed by atoms with Gasteiger partial charge in [0.1, 0.15) is 0 Å². The van der Waals surface area contributed by atoms with E-state index in [9.17, 15) is 9.59 Å². The molecule has 2 N–H and O–H groups in total. The van der Waals surface area contributed by atoms with Crippen LogP contribution in [-0.4, -0.2) is 48.6 Å². The highest BCUT2D eigenvalue weighted by atomic mass is 16.5. The van der Waals surface area contributed by atoms with Gasteiger partial charge in [-0.15, -0.1) is 0 Å². The van der Waals surface area contributed by atoms with Crippen molar-refractivity contribution in [3.8, 4) is 0 Å². The Labute approximate surface area is 197 Å². The molecule has 0 saturated heterocycles. The fraction of sp³-hybridized carbons (Fsp3) is 0.923. The zero-order valence-electron chi connectivity index (χ0n) is 21.2. The van der Waals surface area contributed by atoms with Gasteiger partial charge in [0.05, 0.1) is 26.4 Å². The number of hydrogen-bond acceptors (Lipinski definition) is 6. The lowest BCUT2D eigenvalue weighted by molar-refractivity contribution is -0.144. The number of aliphatic hydroxyl groups excluding tert-OH is 2. The van der Waals surface area contributed by atoms with E-state index in [1.54, 1.807) is 0 Å². The molecule has 0 atom stereocenters. The molecule has 192 valence electrons. The van der Waals surface area contributed by atoms with Gasteiger partial charge >= 0.3 is 11.9 Å². The van der Waals surface area contributed by atoms with Crippen molar-refractivity contribution in [2.45, 2.75) is 124 Å². The van der Waals surface area contributed by atoms with E-state index in [2.05, 4.69) is 20.8 Å². The van der Waals surface area contributed by atoms with E-state index in [0.717, 1.165) is 38.5 Å². The van der Waals surface area contributed by atoms with Crippen molar-refractivity contribution in [3.05, 3.63) is 0 Å². The summed E-state index contributed by atoms with van der Waals surface area (Å²) in [6.07, 6.45) is 16.9. The first kappa shape index (κ1) is 33.0. The molecule has 32 heavy (non-hydrogen) atoms. The largest absolute Gasteiger partial charge is 0.466 e. The van der Waals surface area contributed by atoms with Gasteiger partial charge in [-0.1, -0.05) is 85.0 Å². The normalized spacial score (nSPS) is 10.6. The fourth-order valence-corrected chi connectivity index (χ4v) is 3.14. The quantitative estimate of drug-likeness (QED) is 0.162. The third kappa shape index (κ3) is 28.9. The first-order chi connectivity index (χ1) is 15.5. The Balaban J connectivity index is 0. The van der Waals surface area contributed by atoms with Crippen LogP contribution in [0, 0.1) is 5.92 Å². The van der Waals surface area contributed by atoms with Crippen LogP contribution in [0.2, 0.25) is 0 Å². The summed E-state index contributed by atoms with van der Waals surface area (Å²) in [7, 11) is 0. The topological polar surface area (TPSA) is 93.1 Å². The van der Waals surface area contributed by atoms with Crippen LogP contribution in [0.5, 0.6) is 0 Å². The molecule has 0 aliphatic carbocycles. The Morgan fingerprint density at radius 1 is 0.625 bits per heavy atom. The van der Waals surface area contributed by atoms with E-state index in [1.165, 1.54) is 51.4 Å². The molecule has 0 rings (SSSR count). The average molecular weight is 461 g/mol. The van der Waals surface area contributed by atoms with E-state index < -0.39 is 0 Å². The second-order valence-electron chi connectivity index (χ2n) is 8.61. The number of aliphatic hydroxyl groups is 2. The summed E-state index contributed by atoms with van der Waals surface area (Å²) < 4.78 is 10.6. The minimum absolute atomic E-state index is 0.0759. The Hall–Kier alpha value is -1.14. The summed E-state index contributed by atoms with van der Waals surface area (Å²) in [5, 5.41) is 15.2. The number of hydrogen-bond donors (Lipinski definition) is 2. The SMILES string of the molecule is CCCCCCCCC(=O)OCCC(C)CCOC(=O)CCCCCCCC.OCCO. The molecule has 0 aromatic carbocycles. The van der Waals surface area contributed by atoms with Crippen molar-refractivity contribution in [2.75, 3.05) is 26.4 Å². The van der Waals surface area contributed by atoms with Gasteiger partial charge in [0.15, 0.2) is 0 Å². The number of rotatable bonds is 21. The highest BCUT2D eigenvalue weighted by Gasteiger charge is 2.08. The van der Waals surface area contributed by atoms with Crippen LogP contribution in [0.1, 0.15) is 124 Å². The van der Waals surface area contributed by atoms with Crippen molar-refractivity contribution in [3.63, 3.8) is 0 Å². The van der Waals surface area contributed by atoms with Crippen molar-refractivity contribution in [1.29, 1.82) is 0 Å². The predicted octanol–water partition coefficient (Wildman–Crippen LogP) is 5.96. The Morgan fingerprint density at radius 3 is 1.31 bits per heavy atom. The minimum atomic E-state index is -0.125. The molecule has 0 amide bonds. The standard InChI is InChI=1S/C24H46O4.C2H6O2/c1-4-6-8-10-12-14-16-23(25)27-20-18-22(3)19-21-28-24(26)17-15-13-11-9-7-5-2;3-1-2-4/h22H,4-21H2,1-3H3;3-4H,1-2H2. The van der Waals surface area contributed by atoms with Gasteiger partial charge in [0.2, 0.25) is 0 Å². The third-order valence-corrected chi connectivity index (χ3v) is 5.32. The summed E-state index contributed by atoms with van der Waals surface area (Å²) in [6.45, 7) is 7.23. The molecule has 0 aromatic rings. The zero-order chi connectivity index (χ0) is 24.3. The Bertz CT molecular complexity index is 364. The Kier molecular flexibility index (Phi) is 28.8. The van der Waals surface area contributed by atoms with Crippen molar-refractivity contribution in [1.82, 2.24) is 0 Å². The highest BCUT2D eigenvalue weighted by molar-refractivity contribution is 5.69. The van der Waals surface area contributed by atoms with Gasteiger partial charge in [-0.2, -0.15) is 0 Å². The predicted molar refractivity (Wildman–Crippen MR) is 130 cm³/mol. The van der Waals surface area contributed by atoms with Crippen LogP contribution < -0.4 is 0 Å². The van der Waals surface area contributed by atoms with Crippen molar-refractivity contribution >= 4 is 11.9 Å². The maximum atomic E-state index is 11.7. The van der Waals surface area contributed by atoms with Gasteiger partial charge in [0, 0.05) is 12.8 Å². The van der Waals surface area contributed by atoms with Crippen LogP contribution in [0.3, 0.4) is 0 Å². The fourth-order valence-electron chi connectivity index (χ4n) is 3.14. The molecular weight excluding hydrogens is 408 g/mol. The van der Waals surface area contributed by atoms with Crippen LogP contribution in [0.25, 0.3) is 0 Å². The molecule has 0 unspecified atom stereocenters. The third-order valence-electron chi connectivity index (χ3n) is 5.32. The summed E-state index contributed by atoms with van der Waals surface area (Å²) >= 11 is 0. The number of esters is 2. The average Bonchev–Trinajstić information content (AvgIpc) is 2.78. The van der Waals surface area contributed by atoms with Crippen LogP contribution >= 0.6 is 0 Å². The summed E-state index contributed by atoms with van der Waals surface area (Å²) in [6, 6.07) is 0. The van der Waals surface area contributed by atoms with E-state index in [-0.39, 0.29) is 25.2 Å². The molecule has 6 nitrogen and oxygen atoms in total. The van der Waals surface area contributed by atoms with E-state index >= 15 is 0 Å². The molecule has 0 aromatic heterocycles. The minimum Gasteiger partial charge on any atom is -0.466 e. The lowest BCUT2D eigenvalue weighted by Crippen LogP contribution is -2.11. The molecule has 6 heteroatoms. The molecule has 0 aliphatic heterocycles. The second kappa shape index (κ2) is 27.9. The number of ether oxygens (including phenoxy) is 2. The van der Waals surface area contributed by atoms with Gasteiger partial charge in [0.25, 0.3) is 0 Å². The van der Waals surface area contributed by atoms with Gasteiger partial charge in [-0.05, 0) is 31.6 Å². The summed E-state index contributed by atoms with van der Waals surface area (Å²) in [4.78, 5) is 23.4. The first-order valence-electron chi connectivity index (χ1n) is 13.0. The van der Waals surface area contributed by atoms with Crippen LogP contribution in [0.4, 0.5) is 0 Å². The number of carbonyl (C=O) groups excluding carboxylic acids is 2. The molecular formula is C26H52O6.